The van der Waals surface area contributed by atoms with Crippen LogP contribution in [-0.4, -0.2) is 58.6 Å². The van der Waals surface area contributed by atoms with E-state index in [9.17, 15) is 4.79 Å². The lowest BCUT2D eigenvalue weighted by Gasteiger charge is -2.33. The van der Waals surface area contributed by atoms with Gasteiger partial charge in [0.25, 0.3) is 0 Å². The van der Waals surface area contributed by atoms with Gasteiger partial charge in [0.2, 0.25) is 0 Å². The van der Waals surface area contributed by atoms with Crippen molar-refractivity contribution in [2.45, 2.75) is 27.3 Å². The van der Waals surface area contributed by atoms with Crippen molar-refractivity contribution in [2.24, 2.45) is 0 Å². The lowest BCUT2D eigenvalue weighted by atomic mass is 10.1. The Bertz CT molecular complexity index is 663. The Morgan fingerprint density at radius 3 is 2.61 bits per heavy atom. The highest BCUT2D eigenvalue weighted by Gasteiger charge is 2.22. The van der Waals surface area contributed by atoms with Gasteiger partial charge in [0.05, 0.1) is 24.2 Å². The first-order valence-electron chi connectivity index (χ1n) is 8.16. The molecule has 2 heterocycles. The number of rotatable bonds is 3. The molecule has 0 saturated carbocycles. The highest BCUT2D eigenvalue weighted by Crippen LogP contribution is 2.18. The molecule has 1 fully saturated rings. The molecule has 0 unspecified atom stereocenters. The Kier molecular flexibility index (Phi) is 4.52. The van der Waals surface area contributed by atoms with Gasteiger partial charge in [0.1, 0.15) is 5.82 Å². The van der Waals surface area contributed by atoms with Gasteiger partial charge < -0.3 is 14.6 Å². The maximum absolute atomic E-state index is 11.7. The number of ether oxygens (including phenoxy) is 1. The Hall–Kier alpha value is -2.08. The smallest absolute Gasteiger partial charge is 0.409 e. The molecule has 0 bridgehead atoms. The molecule has 2 aromatic rings. The number of aromatic nitrogens is 2. The normalized spacial score (nSPS) is 16.0. The Morgan fingerprint density at radius 2 is 1.91 bits per heavy atom. The zero-order valence-electron chi connectivity index (χ0n) is 14.1. The number of hydrogen-bond donors (Lipinski definition) is 1. The van der Waals surface area contributed by atoms with Crippen molar-refractivity contribution in [3.8, 4) is 0 Å². The topological polar surface area (TPSA) is 61.5 Å². The van der Waals surface area contributed by atoms with Crippen LogP contribution in [0.25, 0.3) is 11.0 Å². The number of aromatic amines is 1. The average Bonchev–Trinajstić information content (AvgIpc) is 2.90. The molecule has 23 heavy (non-hydrogen) atoms. The van der Waals surface area contributed by atoms with Gasteiger partial charge in [-0.3, -0.25) is 4.90 Å². The molecule has 1 aliphatic heterocycles. The first-order valence-corrected chi connectivity index (χ1v) is 8.16. The highest BCUT2D eigenvalue weighted by atomic mass is 16.6. The van der Waals surface area contributed by atoms with Gasteiger partial charge in [0.15, 0.2) is 0 Å². The number of nitrogens with zero attached hydrogens (tertiary/aromatic N) is 3. The number of piperazine rings is 1. The number of carbonyl (C=O) groups excluding carboxylic acids is 1. The van der Waals surface area contributed by atoms with Crippen LogP contribution < -0.4 is 0 Å². The van der Waals surface area contributed by atoms with Crippen LogP contribution in [0.4, 0.5) is 4.79 Å². The van der Waals surface area contributed by atoms with E-state index in [0.717, 1.165) is 36.5 Å². The molecular weight excluding hydrogens is 292 g/mol. The van der Waals surface area contributed by atoms with E-state index < -0.39 is 0 Å². The third-order valence-corrected chi connectivity index (χ3v) is 4.42. The summed E-state index contributed by atoms with van der Waals surface area (Å²) in [7, 11) is 0. The largest absolute Gasteiger partial charge is 0.450 e. The molecule has 1 aromatic heterocycles. The van der Waals surface area contributed by atoms with Gasteiger partial charge in [-0.2, -0.15) is 0 Å². The molecule has 0 spiro atoms. The van der Waals surface area contributed by atoms with Crippen molar-refractivity contribution in [1.29, 1.82) is 0 Å². The van der Waals surface area contributed by atoms with Crippen molar-refractivity contribution in [1.82, 2.24) is 19.8 Å². The second kappa shape index (κ2) is 6.58. The first kappa shape index (κ1) is 15.8. The number of fused-ring (bicyclic) bond motifs is 1. The van der Waals surface area contributed by atoms with E-state index in [0.29, 0.717) is 19.7 Å². The number of H-pyrrole nitrogens is 1. The molecule has 0 radical (unpaired) electrons. The molecule has 6 heteroatoms. The van der Waals surface area contributed by atoms with Crippen molar-refractivity contribution >= 4 is 17.1 Å². The van der Waals surface area contributed by atoms with Crippen molar-refractivity contribution < 1.29 is 9.53 Å². The summed E-state index contributed by atoms with van der Waals surface area (Å²) in [6.45, 7) is 10.4. The van der Waals surface area contributed by atoms with E-state index in [1.54, 1.807) is 4.90 Å². The van der Waals surface area contributed by atoms with Gasteiger partial charge in [-0.1, -0.05) is 0 Å². The minimum absolute atomic E-state index is 0.207. The standard InChI is InChI=1S/C17H24N4O2/c1-4-23-17(22)21-7-5-20(6-8-21)11-16-18-14-9-12(2)13(3)10-15(14)19-16/h9-10H,4-8,11H2,1-3H3,(H,18,19). The maximum Gasteiger partial charge on any atom is 0.409 e. The second-order valence-corrected chi connectivity index (χ2v) is 6.10. The van der Waals surface area contributed by atoms with E-state index in [1.807, 2.05) is 6.92 Å². The van der Waals surface area contributed by atoms with Gasteiger partial charge in [-0.15, -0.1) is 0 Å². The predicted molar refractivity (Wildman–Crippen MR) is 89.4 cm³/mol. The summed E-state index contributed by atoms with van der Waals surface area (Å²) >= 11 is 0. The zero-order chi connectivity index (χ0) is 16.4. The quantitative estimate of drug-likeness (QED) is 0.945. The summed E-state index contributed by atoms with van der Waals surface area (Å²) < 4.78 is 5.05. The number of amides is 1. The summed E-state index contributed by atoms with van der Waals surface area (Å²) in [6, 6.07) is 4.28. The van der Waals surface area contributed by atoms with Gasteiger partial charge in [-0.25, -0.2) is 9.78 Å². The van der Waals surface area contributed by atoms with E-state index >= 15 is 0 Å². The van der Waals surface area contributed by atoms with Crippen LogP contribution in [-0.2, 0) is 11.3 Å². The van der Waals surface area contributed by atoms with E-state index in [2.05, 4.69) is 40.8 Å². The number of nitrogens with one attached hydrogen (secondary N) is 1. The Balaban J connectivity index is 1.61. The molecule has 0 atom stereocenters. The predicted octanol–water partition coefficient (Wildman–Crippen LogP) is 2.45. The molecule has 1 aliphatic rings. The van der Waals surface area contributed by atoms with Crippen LogP contribution in [0.5, 0.6) is 0 Å². The Labute approximate surface area is 136 Å². The lowest BCUT2D eigenvalue weighted by molar-refractivity contribution is 0.0773. The van der Waals surface area contributed by atoms with Crippen molar-refractivity contribution in [3.05, 3.63) is 29.1 Å². The number of hydrogen-bond acceptors (Lipinski definition) is 4. The summed E-state index contributed by atoms with van der Waals surface area (Å²) in [4.78, 5) is 23.9. The Morgan fingerprint density at radius 1 is 1.22 bits per heavy atom. The fraction of sp³-hybridized carbons (Fsp3) is 0.529. The molecule has 0 aliphatic carbocycles. The van der Waals surface area contributed by atoms with Gasteiger partial charge in [0, 0.05) is 26.2 Å². The van der Waals surface area contributed by atoms with Gasteiger partial charge >= 0.3 is 6.09 Å². The minimum Gasteiger partial charge on any atom is -0.450 e. The lowest BCUT2D eigenvalue weighted by Crippen LogP contribution is -2.48. The molecule has 1 N–H and O–H groups in total. The molecule has 1 saturated heterocycles. The van der Waals surface area contributed by atoms with Crippen molar-refractivity contribution in [2.75, 3.05) is 32.8 Å². The van der Waals surface area contributed by atoms with Crippen LogP contribution in [0.3, 0.4) is 0 Å². The monoisotopic (exact) mass is 316 g/mol. The fourth-order valence-corrected chi connectivity index (χ4v) is 2.91. The summed E-state index contributed by atoms with van der Waals surface area (Å²) in [5.74, 6) is 0.981. The van der Waals surface area contributed by atoms with Crippen LogP contribution in [0.15, 0.2) is 12.1 Å². The van der Waals surface area contributed by atoms with Crippen LogP contribution >= 0.6 is 0 Å². The molecule has 1 amide bonds. The molecular formula is C17H24N4O2. The van der Waals surface area contributed by atoms with Crippen LogP contribution in [0.1, 0.15) is 23.9 Å². The van der Waals surface area contributed by atoms with E-state index in [4.69, 9.17) is 4.74 Å². The van der Waals surface area contributed by atoms with Crippen molar-refractivity contribution in [3.63, 3.8) is 0 Å². The molecule has 1 aromatic carbocycles. The molecule has 3 rings (SSSR count). The maximum atomic E-state index is 11.7. The fourth-order valence-electron chi connectivity index (χ4n) is 2.91. The molecule has 6 nitrogen and oxygen atoms in total. The van der Waals surface area contributed by atoms with E-state index in [-0.39, 0.29) is 6.09 Å². The summed E-state index contributed by atoms with van der Waals surface area (Å²) in [6.07, 6.45) is -0.207. The third kappa shape index (κ3) is 3.47. The van der Waals surface area contributed by atoms with Crippen LogP contribution in [0.2, 0.25) is 0 Å². The zero-order valence-corrected chi connectivity index (χ0v) is 14.1. The SMILES string of the molecule is CCOC(=O)N1CCN(Cc2nc3cc(C)c(C)cc3[nH]2)CC1. The number of aryl methyl sites for hydroxylation is 2. The first-order chi connectivity index (χ1) is 11.1. The second-order valence-electron chi connectivity index (χ2n) is 6.10. The number of carbonyl (C=O) groups is 1. The van der Waals surface area contributed by atoms with E-state index in [1.165, 1.54) is 11.1 Å². The summed E-state index contributed by atoms with van der Waals surface area (Å²) in [5, 5.41) is 0. The highest BCUT2D eigenvalue weighted by molar-refractivity contribution is 5.77. The average molecular weight is 316 g/mol. The number of imidazole rings is 1. The summed E-state index contributed by atoms with van der Waals surface area (Å²) in [5.41, 5.74) is 4.65. The number of benzene rings is 1. The molecule has 124 valence electrons. The minimum atomic E-state index is -0.207. The van der Waals surface area contributed by atoms with Crippen LogP contribution in [0, 0.1) is 13.8 Å². The third-order valence-electron chi connectivity index (χ3n) is 4.42. The van der Waals surface area contributed by atoms with Gasteiger partial charge in [-0.05, 0) is 44.0 Å².